The van der Waals surface area contributed by atoms with E-state index in [1.54, 1.807) is 19.2 Å². The first-order chi connectivity index (χ1) is 16.9. The second-order valence-electron chi connectivity index (χ2n) is 11.0. The molecule has 2 aromatic rings. The molecule has 0 saturated heterocycles. The van der Waals surface area contributed by atoms with Gasteiger partial charge in [0.05, 0.1) is 7.11 Å². The number of benzene rings is 2. The molecule has 5 atom stereocenters. The van der Waals surface area contributed by atoms with Crippen LogP contribution in [0.2, 0.25) is 0 Å². The smallest absolute Gasteiger partial charge is 0.220 e. The van der Waals surface area contributed by atoms with E-state index in [9.17, 15) is 14.7 Å². The SMILES string of the molecule is COc1ccc2c(c1)CC[C@H]1[C@@H]3[C@H](CCC(=O)NCCc4ccc(O)cc4)CC(=O)[C@@]3(C)CC[C@H]21. The Labute approximate surface area is 208 Å². The zero-order valence-electron chi connectivity index (χ0n) is 20.9. The fraction of sp³-hybridized carbons (Fsp3) is 0.533. The number of fused-ring (bicyclic) bond motifs is 5. The molecule has 186 valence electrons. The van der Waals surface area contributed by atoms with Crippen LogP contribution in [0.15, 0.2) is 42.5 Å². The molecule has 0 aromatic heterocycles. The van der Waals surface area contributed by atoms with Gasteiger partial charge in [-0.15, -0.1) is 0 Å². The predicted octanol–water partition coefficient (Wildman–Crippen LogP) is 5.19. The Kier molecular flexibility index (Phi) is 6.61. The minimum absolute atomic E-state index is 0.0678. The first-order valence-electron chi connectivity index (χ1n) is 13.1. The van der Waals surface area contributed by atoms with Crippen LogP contribution in [0.1, 0.15) is 68.1 Å². The zero-order chi connectivity index (χ0) is 24.6. The van der Waals surface area contributed by atoms with Crippen LogP contribution < -0.4 is 10.1 Å². The standard InChI is InChI=1S/C30H37NO4/c1-30-15-13-25-24-11-9-23(35-2)17-20(24)5-10-26(25)29(30)21(18-27(30)33)6-12-28(34)31-16-14-19-3-7-22(32)8-4-19/h3-4,7-9,11,17,21,25-26,29,32H,5-6,10,12-16,18H2,1-2H3,(H,31,34)/t21-,25-,26-,29+,30-/m1/s1. The summed E-state index contributed by atoms with van der Waals surface area (Å²) in [6.45, 7) is 2.79. The molecule has 2 N–H and O–H groups in total. The third-order valence-electron chi connectivity index (χ3n) is 9.19. The Morgan fingerprint density at radius 3 is 2.74 bits per heavy atom. The van der Waals surface area contributed by atoms with Crippen LogP contribution in [-0.4, -0.2) is 30.5 Å². The van der Waals surface area contributed by atoms with Crippen LogP contribution in [0, 0.1) is 23.2 Å². The lowest BCUT2D eigenvalue weighted by Gasteiger charge is -2.50. The molecule has 0 aliphatic heterocycles. The molecular weight excluding hydrogens is 438 g/mol. The maximum Gasteiger partial charge on any atom is 0.220 e. The average Bonchev–Trinajstić information content (AvgIpc) is 3.13. The molecule has 0 radical (unpaired) electrons. The molecule has 0 heterocycles. The van der Waals surface area contributed by atoms with Gasteiger partial charge in [-0.1, -0.05) is 25.1 Å². The van der Waals surface area contributed by atoms with Gasteiger partial charge in [-0.25, -0.2) is 0 Å². The minimum Gasteiger partial charge on any atom is -0.508 e. The first-order valence-corrected chi connectivity index (χ1v) is 13.1. The summed E-state index contributed by atoms with van der Waals surface area (Å²) in [6, 6.07) is 13.6. The second-order valence-corrected chi connectivity index (χ2v) is 11.0. The van der Waals surface area contributed by atoms with Crippen molar-refractivity contribution in [2.75, 3.05) is 13.7 Å². The number of methoxy groups -OCH3 is 1. The van der Waals surface area contributed by atoms with E-state index in [0.717, 1.165) is 49.8 Å². The highest BCUT2D eigenvalue weighted by atomic mass is 16.5. The number of carbonyl (C=O) groups excluding carboxylic acids is 2. The fourth-order valence-electron chi connectivity index (χ4n) is 7.42. The topological polar surface area (TPSA) is 75.6 Å². The minimum atomic E-state index is -0.231. The Morgan fingerprint density at radius 1 is 1.17 bits per heavy atom. The van der Waals surface area contributed by atoms with Gasteiger partial charge in [-0.05, 0) is 103 Å². The molecule has 5 heteroatoms. The molecule has 0 unspecified atom stereocenters. The number of aryl methyl sites for hydroxylation is 1. The van der Waals surface area contributed by atoms with Gasteiger partial charge in [-0.3, -0.25) is 9.59 Å². The third kappa shape index (κ3) is 4.57. The van der Waals surface area contributed by atoms with Crippen LogP contribution >= 0.6 is 0 Å². The molecule has 0 bridgehead atoms. The number of phenolic OH excluding ortho intramolecular Hbond substituents is 1. The molecule has 35 heavy (non-hydrogen) atoms. The summed E-state index contributed by atoms with van der Waals surface area (Å²) in [6.07, 6.45) is 6.82. The van der Waals surface area contributed by atoms with E-state index in [0.29, 0.717) is 48.8 Å². The summed E-state index contributed by atoms with van der Waals surface area (Å²) in [5, 5.41) is 12.5. The molecule has 2 saturated carbocycles. The van der Waals surface area contributed by atoms with Crippen molar-refractivity contribution >= 4 is 11.7 Å². The number of ether oxygens (including phenoxy) is 1. The summed E-state index contributed by atoms with van der Waals surface area (Å²) >= 11 is 0. The number of aromatic hydroxyl groups is 1. The van der Waals surface area contributed by atoms with Crippen molar-refractivity contribution in [1.82, 2.24) is 5.32 Å². The summed E-state index contributed by atoms with van der Waals surface area (Å²) in [4.78, 5) is 25.8. The molecule has 2 fully saturated rings. The van der Waals surface area contributed by atoms with Crippen LogP contribution in [0.3, 0.4) is 0 Å². The Morgan fingerprint density at radius 2 is 1.97 bits per heavy atom. The zero-order valence-corrected chi connectivity index (χ0v) is 20.9. The Hall–Kier alpha value is -2.82. The van der Waals surface area contributed by atoms with E-state index >= 15 is 0 Å². The average molecular weight is 476 g/mol. The molecule has 2 aromatic carbocycles. The number of phenols is 1. The number of amides is 1. The number of hydrogen-bond acceptors (Lipinski definition) is 4. The van der Waals surface area contributed by atoms with E-state index in [2.05, 4.69) is 30.4 Å². The van der Waals surface area contributed by atoms with Crippen LogP contribution in [0.25, 0.3) is 0 Å². The fourth-order valence-corrected chi connectivity index (χ4v) is 7.42. The molecular formula is C30H37NO4. The summed E-state index contributed by atoms with van der Waals surface area (Å²) < 4.78 is 5.45. The maximum absolute atomic E-state index is 13.2. The number of carbonyl (C=O) groups is 2. The van der Waals surface area contributed by atoms with Gasteiger partial charge in [0.2, 0.25) is 5.91 Å². The Bertz CT molecular complexity index is 1090. The van der Waals surface area contributed by atoms with Crippen LogP contribution in [0.5, 0.6) is 11.5 Å². The monoisotopic (exact) mass is 475 g/mol. The van der Waals surface area contributed by atoms with Crippen molar-refractivity contribution in [3.63, 3.8) is 0 Å². The Balaban J connectivity index is 1.22. The predicted molar refractivity (Wildman–Crippen MR) is 136 cm³/mol. The van der Waals surface area contributed by atoms with Crippen LogP contribution in [-0.2, 0) is 22.4 Å². The highest BCUT2D eigenvalue weighted by molar-refractivity contribution is 5.88. The lowest BCUT2D eigenvalue weighted by atomic mass is 9.54. The number of ketones is 1. The summed E-state index contributed by atoms with van der Waals surface area (Å²) in [5.41, 5.74) is 3.71. The van der Waals surface area contributed by atoms with E-state index in [4.69, 9.17) is 4.74 Å². The van der Waals surface area contributed by atoms with Crippen molar-refractivity contribution in [3.8, 4) is 11.5 Å². The van der Waals surface area contributed by atoms with E-state index in [-0.39, 0.29) is 17.1 Å². The molecule has 5 nitrogen and oxygen atoms in total. The van der Waals surface area contributed by atoms with Gasteiger partial charge in [0.15, 0.2) is 0 Å². The summed E-state index contributed by atoms with van der Waals surface area (Å²) in [5.74, 6) is 3.35. The maximum atomic E-state index is 13.2. The molecule has 0 spiro atoms. The number of nitrogens with one attached hydrogen (secondary N) is 1. The highest BCUT2D eigenvalue weighted by Crippen LogP contribution is 2.62. The van der Waals surface area contributed by atoms with Gasteiger partial charge in [0.1, 0.15) is 17.3 Å². The van der Waals surface area contributed by atoms with Gasteiger partial charge in [0, 0.05) is 24.8 Å². The highest BCUT2D eigenvalue weighted by Gasteiger charge is 2.58. The third-order valence-corrected chi connectivity index (χ3v) is 9.19. The number of hydrogen-bond donors (Lipinski definition) is 2. The van der Waals surface area contributed by atoms with Crippen molar-refractivity contribution in [1.29, 1.82) is 0 Å². The van der Waals surface area contributed by atoms with Crippen molar-refractivity contribution < 1.29 is 19.4 Å². The van der Waals surface area contributed by atoms with Gasteiger partial charge in [0.25, 0.3) is 0 Å². The first kappa shape index (κ1) is 23.9. The van der Waals surface area contributed by atoms with Crippen molar-refractivity contribution in [2.45, 2.75) is 64.2 Å². The van der Waals surface area contributed by atoms with Crippen molar-refractivity contribution in [3.05, 3.63) is 59.2 Å². The normalized spacial score (nSPS) is 29.1. The van der Waals surface area contributed by atoms with E-state index in [1.807, 2.05) is 12.1 Å². The van der Waals surface area contributed by atoms with E-state index < -0.39 is 0 Å². The second kappa shape index (κ2) is 9.67. The van der Waals surface area contributed by atoms with Gasteiger partial charge in [-0.2, -0.15) is 0 Å². The summed E-state index contributed by atoms with van der Waals surface area (Å²) in [7, 11) is 1.72. The molecule has 5 rings (SSSR count). The molecule has 3 aliphatic carbocycles. The lowest BCUT2D eigenvalue weighted by molar-refractivity contribution is -0.129. The quantitative estimate of drug-likeness (QED) is 0.578. The van der Waals surface area contributed by atoms with Crippen LogP contribution in [0.4, 0.5) is 0 Å². The number of rotatable bonds is 7. The molecule has 3 aliphatic rings. The lowest BCUT2D eigenvalue weighted by Crippen LogP contribution is -2.44. The van der Waals surface area contributed by atoms with E-state index in [1.165, 1.54) is 11.1 Å². The van der Waals surface area contributed by atoms with Gasteiger partial charge >= 0.3 is 0 Å². The number of Topliss-reactive ketones (excluding diaryl/α,β-unsaturated/α-hetero) is 1. The largest absolute Gasteiger partial charge is 0.508 e. The van der Waals surface area contributed by atoms with Gasteiger partial charge < -0.3 is 15.2 Å². The molecule has 1 amide bonds. The van der Waals surface area contributed by atoms with Crippen molar-refractivity contribution in [2.24, 2.45) is 23.2 Å².